The normalized spacial score (nSPS) is 22.7. The van der Waals surface area contributed by atoms with Crippen molar-refractivity contribution in [2.45, 2.75) is 32.6 Å². The van der Waals surface area contributed by atoms with Crippen LogP contribution >= 0.6 is 11.8 Å². The molecular weight excluding hydrogens is 248 g/mol. The molecule has 1 saturated heterocycles. The average molecular weight is 268 g/mol. The topological polar surface area (TPSA) is 41.9 Å². The molecule has 0 bridgehead atoms. The Balaban J connectivity index is 1.85. The van der Waals surface area contributed by atoms with E-state index < -0.39 is 0 Å². The van der Waals surface area contributed by atoms with Crippen molar-refractivity contribution in [2.75, 3.05) is 26.3 Å². The Bertz CT molecular complexity index is 360. The highest BCUT2D eigenvalue weighted by molar-refractivity contribution is 8.18. The summed E-state index contributed by atoms with van der Waals surface area (Å²) in [6, 6.07) is 0. The molecule has 2 aliphatic rings. The number of unbranched alkanes of at least 4 members (excludes halogenated alkanes) is 3. The molecule has 0 atom stereocenters. The van der Waals surface area contributed by atoms with Crippen molar-refractivity contribution < 1.29 is 9.53 Å². The maximum absolute atomic E-state index is 11.8. The molecule has 0 unspecified atom stereocenters. The first kappa shape index (κ1) is 13.6. The molecule has 0 aromatic carbocycles. The van der Waals surface area contributed by atoms with Crippen molar-refractivity contribution in [1.29, 1.82) is 0 Å². The fourth-order valence-corrected chi connectivity index (χ4v) is 2.92. The van der Waals surface area contributed by atoms with Crippen molar-refractivity contribution in [3.63, 3.8) is 0 Å². The first-order chi connectivity index (χ1) is 8.81. The summed E-state index contributed by atoms with van der Waals surface area (Å²) in [4.78, 5) is 18.8. The van der Waals surface area contributed by atoms with Crippen LogP contribution in [-0.4, -0.2) is 42.3 Å². The smallest absolute Gasteiger partial charge is 0.285 e. The molecule has 2 rings (SSSR count). The number of allylic oxidation sites excluding steroid dienone is 1. The molecule has 5 heteroatoms. The lowest BCUT2D eigenvalue weighted by molar-refractivity contribution is -0.113. The van der Waals surface area contributed by atoms with E-state index in [2.05, 4.69) is 16.8 Å². The minimum Gasteiger partial charge on any atom is -0.378 e. The zero-order valence-electron chi connectivity index (χ0n) is 10.9. The number of rotatable bonds is 4. The largest absolute Gasteiger partial charge is 0.378 e. The number of carbonyl (C=O) groups is 1. The SMILES string of the molecule is CCCCC/C=C1/SC(N2CCOCC2)=NC1=O. The molecule has 1 fully saturated rings. The summed E-state index contributed by atoms with van der Waals surface area (Å²) in [5, 5.41) is 0.852. The monoisotopic (exact) mass is 268 g/mol. The number of carbonyl (C=O) groups excluding carboxylic acids is 1. The van der Waals surface area contributed by atoms with Crippen molar-refractivity contribution >= 4 is 22.8 Å². The number of nitrogens with zero attached hydrogens (tertiary/aromatic N) is 2. The van der Waals surface area contributed by atoms with E-state index in [1.165, 1.54) is 24.6 Å². The molecule has 0 aliphatic carbocycles. The minimum atomic E-state index is -0.0713. The van der Waals surface area contributed by atoms with Crippen LogP contribution in [0.15, 0.2) is 16.0 Å². The van der Waals surface area contributed by atoms with E-state index in [0.29, 0.717) is 0 Å². The Morgan fingerprint density at radius 1 is 1.39 bits per heavy atom. The number of hydrogen-bond acceptors (Lipinski definition) is 4. The average Bonchev–Trinajstić information content (AvgIpc) is 2.77. The lowest BCUT2D eigenvalue weighted by atomic mass is 10.2. The molecule has 2 heterocycles. The Morgan fingerprint density at radius 3 is 2.89 bits per heavy atom. The summed E-state index contributed by atoms with van der Waals surface area (Å²) in [5.41, 5.74) is 0. The van der Waals surface area contributed by atoms with Crippen LogP contribution < -0.4 is 0 Å². The summed E-state index contributed by atoms with van der Waals surface area (Å²) in [7, 11) is 0. The van der Waals surface area contributed by atoms with Gasteiger partial charge in [-0.25, -0.2) is 0 Å². The number of aliphatic imine (C=N–C) groups is 1. The van der Waals surface area contributed by atoms with Crippen molar-refractivity contribution in [3.05, 3.63) is 11.0 Å². The number of morpholine rings is 1. The third-order valence-corrected chi connectivity index (χ3v) is 4.12. The van der Waals surface area contributed by atoms with E-state index in [4.69, 9.17) is 4.74 Å². The fraction of sp³-hybridized carbons (Fsp3) is 0.692. The van der Waals surface area contributed by atoms with Crippen LogP contribution in [0.4, 0.5) is 0 Å². The molecule has 0 radical (unpaired) electrons. The van der Waals surface area contributed by atoms with Gasteiger partial charge in [0.25, 0.3) is 5.91 Å². The van der Waals surface area contributed by atoms with Crippen LogP contribution in [0, 0.1) is 0 Å². The van der Waals surface area contributed by atoms with Gasteiger partial charge in [-0.1, -0.05) is 25.8 Å². The predicted octanol–water partition coefficient (Wildman–Crippen LogP) is 2.41. The van der Waals surface area contributed by atoms with E-state index in [9.17, 15) is 4.79 Å². The highest BCUT2D eigenvalue weighted by atomic mass is 32.2. The van der Waals surface area contributed by atoms with Crippen molar-refractivity contribution in [1.82, 2.24) is 4.90 Å². The number of amidine groups is 1. The van der Waals surface area contributed by atoms with Gasteiger partial charge in [0.15, 0.2) is 5.17 Å². The standard InChI is InChI=1S/C13H20N2O2S/c1-2-3-4-5-6-11-12(16)14-13(18-11)15-7-9-17-10-8-15/h6H,2-5,7-10H2,1H3/b11-6+. The van der Waals surface area contributed by atoms with E-state index in [0.717, 1.165) is 49.2 Å². The third kappa shape index (κ3) is 3.59. The number of ether oxygens (including phenoxy) is 1. The van der Waals surface area contributed by atoms with Crippen LogP contribution in [-0.2, 0) is 9.53 Å². The summed E-state index contributed by atoms with van der Waals surface area (Å²) >= 11 is 1.52. The maximum Gasteiger partial charge on any atom is 0.285 e. The lowest BCUT2D eigenvalue weighted by Gasteiger charge is -2.27. The molecule has 0 aromatic heterocycles. The molecule has 0 N–H and O–H groups in total. The lowest BCUT2D eigenvalue weighted by Crippen LogP contribution is -2.38. The molecule has 0 saturated carbocycles. The second-order valence-corrected chi connectivity index (χ2v) is 5.47. The molecule has 100 valence electrons. The highest BCUT2D eigenvalue weighted by Crippen LogP contribution is 2.29. The third-order valence-electron chi connectivity index (χ3n) is 3.03. The van der Waals surface area contributed by atoms with E-state index in [1.54, 1.807) is 0 Å². The Labute approximate surface area is 112 Å². The van der Waals surface area contributed by atoms with Gasteiger partial charge in [-0.2, -0.15) is 4.99 Å². The van der Waals surface area contributed by atoms with Gasteiger partial charge >= 0.3 is 0 Å². The molecule has 1 amide bonds. The molecule has 4 nitrogen and oxygen atoms in total. The second kappa shape index (κ2) is 6.95. The number of hydrogen-bond donors (Lipinski definition) is 0. The van der Waals surface area contributed by atoms with Crippen LogP contribution in [0.1, 0.15) is 32.6 Å². The van der Waals surface area contributed by atoms with Crippen LogP contribution in [0.2, 0.25) is 0 Å². The molecule has 0 aromatic rings. The summed E-state index contributed by atoms with van der Waals surface area (Å²) < 4.78 is 5.30. The number of amides is 1. The molecule has 0 spiro atoms. The summed E-state index contributed by atoms with van der Waals surface area (Å²) in [5.74, 6) is -0.0713. The van der Waals surface area contributed by atoms with Crippen molar-refractivity contribution in [3.8, 4) is 0 Å². The van der Waals surface area contributed by atoms with Crippen LogP contribution in [0.3, 0.4) is 0 Å². The first-order valence-electron chi connectivity index (χ1n) is 6.65. The molecular formula is C13H20N2O2S. The summed E-state index contributed by atoms with van der Waals surface area (Å²) in [6.45, 7) is 5.30. The van der Waals surface area contributed by atoms with Gasteiger partial charge in [0.1, 0.15) is 0 Å². The predicted molar refractivity (Wildman–Crippen MR) is 74.7 cm³/mol. The van der Waals surface area contributed by atoms with Gasteiger partial charge in [0.2, 0.25) is 0 Å². The zero-order chi connectivity index (χ0) is 12.8. The number of thioether (sulfide) groups is 1. The Kier molecular flexibility index (Phi) is 5.26. The summed E-state index contributed by atoms with van der Waals surface area (Å²) in [6.07, 6.45) is 6.60. The minimum absolute atomic E-state index is 0.0713. The van der Waals surface area contributed by atoms with Crippen molar-refractivity contribution in [2.24, 2.45) is 4.99 Å². The fourth-order valence-electron chi connectivity index (χ4n) is 1.95. The molecule has 2 aliphatic heterocycles. The maximum atomic E-state index is 11.8. The highest BCUT2D eigenvalue weighted by Gasteiger charge is 2.26. The van der Waals surface area contributed by atoms with E-state index in [1.807, 2.05) is 6.08 Å². The Hall–Kier alpha value is -0.810. The zero-order valence-corrected chi connectivity index (χ0v) is 11.7. The van der Waals surface area contributed by atoms with E-state index >= 15 is 0 Å². The Morgan fingerprint density at radius 2 is 2.17 bits per heavy atom. The first-order valence-corrected chi connectivity index (χ1v) is 7.46. The van der Waals surface area contributed by atoms with Crippen LogP contribution in [0.5, 0.6) is 0 Å². The van der Waals surface area contributed by atoms with Gasteiger partial charge < -0.3 is 9.64 Å². The van der Waals surface area contributed by atoms with Gasteiger partial charge in [0, 0.05) is 13.1 Å². The van der Waals surface area contributed by atoms with Gasteiger partial charge in [-0.15, -0.1) is 0 Å². The van der Waals surface area contributed by atoms with Gasteiger partial charge in [0.05, 0.1) is 18.1 Å². The quantitative estimate of drug-likeness (QED) is 0.580. The van der Waals surface area contributed by atoms with Gasteiger partial charge in [-0.05, 0) is 24.6 Å². The van der Waals surface area contributed by atoms with Crippen LogP contribution in [0.25, 0.3) is 0 Å². The van der Waals surface area contributed by atoms with E-state index in [-0.39, 0.29) is 5.91 Å². The van der Waals surface area contributed by atoms with Gasteiger partial charge in [-0.3, -0.25) is 4.79 Å². The molecule has 18 heavy (non-hydrogen) atoms. The second-order valence-electron chi connectivity index (χ2n) is 4.47.